The van der Waals surface area contributed by atoms with Crippen LogP contribution in [-0.2, 0) is 32.5 Å². The van der Waals surface area contributed by atoms with E-state index in [1.54, 1.807) is 0 Å². The van der Waals surface area contributed by atoms with Crippen LogP contribution in [0.1, 0.15) is 220 Å². The average Bonchev–Trinajstić information content (AvgIpc) is 3.63. The number of rotatable bonds is 10. The second-order valence-electron chi connectivity index (χ2n) is 29.4. The van der Waals surface area contributed by atoms with Crippen molar-refractivity contribution in [3.05, 3.63) is 324 Å². The third-order valence-corrected chi connectivity index (χ3v) is 16.8. The zero-order chi connectivity index (χ0) is 59.2. The predicted molar refractivity (Wildman–Crippen MR) is 354 cm³/mol. The van der Waals surface area contributed by atoms with Crippen LogP contribution >= 0.6 is 0 Å². The maximum Gasteiger partial charge on any atom is 0.0631 e. The van der Waals surface area contributed by atoms with Gasteiger partial charge in [0.1, 0.15) is 0 Å². The van der Waals surface area contributed by atoms with Crippen LogP contribution in [0, 0.1) is 5.92 Å². The summed E-state index contributed by atoms with van der Waals surface area (Å²) >= 11 is 0. The van der Waals surface area contributed by atoms with Gasteiger partial charge in [0.05, 0.1) is 22.6 Å². The molecule has 0 bridgehead atoms. The molecule has 0 saturated carbocycles. The fourth-order valence-corrected chi connectivity index (χ4v) is 11.4. The molecule has 0 aliphatic rings. The van der Waals surface area contributed by atoms with Crippen molar-refractivity contribution in [2.75, 3.05) is 0 Å². The Kier molecular flexibility index (Phi) is 16.4. The second-order valence-corrected chi connectivity index (χ2v) is 29.4. The minimum atomic E-state index is 0.0582. The van der Waals surface area contributed by atoms with Crippen LogP contribution in [0.2, 0.25) is 0 Å². The molecule has 0 nitrogen and oxygen atoms in total. The van der Waals surface area contributed by atoms with Gasteiger partial charge in [0, 0.05) is 5.92 Å². The topological polar surface area (TPSA) is 0 Å². The third kappa shape index (κ3) is 13.4. The van der Waals surface area contributed by atoms with E-state index in [9.17, 15) is 0 Å². The molecule has 0 unspecified atom stereocenters. The van der Waals surface area contributed by atoms with Gasteiger partial charge < -0.3 is 0 Å². The highest BCUT2D eigenvalue weighted by molar-refractivity contribution is 5.82. The molecule has 9 rings (SSSR count). The van der Waals surface area contributed by atoms with Crippen LogP contribution in [-0.4, -0.2) is 0 Å². The number of hydrogen-bond acceptors (Lipinski definition) is 0. The Hall–Kier alpha value is -7.41. The molecule has 0 fully saturated rings. The molecule has 9 aromatic rings. The van der Waals surface area contributed by atoms with Crippen molar-refractivity contribution >= 4 is 11.1 Å². The zero-order valence-corrected chi connectivity index (χ0v) is 52.9. The monoisotopic (exact) mass is 1080 g/mol. The van der Waals surface area contributed by atoms with Crippen LogP contribution in [0.4, 0.5) is 0 Å². The van der Waals surface area contributed by atoms with Gasteiger partial charge >= 0.3 is 0 Å². The van der Waals surface area contributed by atoms with Crippen molar-refractivity contribution in [1.29, 1.82) is 0 Å². The molecular weight excluding hydrogens is 985 g/mol. The first-order valence-electron chi connectivity index (χ1n) is 30.0. The Morgan fingerprint density at radius 2 is 0.390 bits per heavy atom. The van der Waals surface area contributed by atoms with Crippen molar-refractivity contribution in [1.82, 2.24) is 0 Å². The highest BCUT2D eigenvalue weighted by Gasteiger charge is 2.27. The molecule has 418 valence electrons. The minimum Gasteiger partial charge on any atom is -0.0582 e. The van der Waals surface area contributed by atoms with Crippen LogP contribution < -0.4 is 10.4 Å². The SMILES string of the molecule is CC(C)(C)c1ccc(C(c2ccc(C(C)(C)C)cc2)=c2ccc(=C(c3ccc([C+](c4ccc(C(C)(C)C)cc4)c4ccc(C(C)(C)C)cc4)cc3)c3ccc(C(c4ccc(C(C)(C)C)cc4)c4ccc(C(C)(C)C)cc4)cc3)cc2)cc1. The summed E-state index contributed by atoms with van der Waals surface area (Å²) in [6.07, 6.45) is 0. The van der Waals surface area contributed by atoms with Crippen molar-refractivity contribution < 1.29 is 0 Å². The van der Waals surface area contributed by atoms with Gasteiger partial charge in [-0.2, -0.15) is 0 Å². The summed E-state index contributed by atoms with van der Waals surface area (Å²) < 4.78 is 0. The normalized spacial score (nSPS) is 12.6. The standard InChI is InChI=1S/C82H91/c1-77(2,3)67-43-31-61(32-44-67)74(62-33-45-68(46-34-62)78(4,5)6)58-25-19-55(20-26-58)73(56-21-27-59(28-22-56)75(63-35-47-69(48-36-63)79(7,8)9)64-37-49-70(50-38-64)80(10,11)12)57-23-29-60(30-24-57)76(65-39-51-71(52-40-65)81(13,14)15)66-41-53-72(54-42-66)82(16,17)18/h19-54,74H,1-18H3/q+1. The van der Waals surface area contributed by atoms with E-state index in [1.807, 2.05) is 0 Å². The summed E-state index contributed by atoms with van der Waals surface area (Å²) in [5.41, 5.74) is 23.0. The van der Waals surface area contributed by atoms with E-state index in [1.165, 1.54) is 117 Å². The smallest absolute Gasteiger partial charge is 0.0582 e. The van der Waals surface area contributed by atoms with E-state index in [0.29, 0.717) is 0 Å². The molecule has 9 aromatic carbocycles. The largest absolute Gasteiger partial charge is 0.0631 e. The summed E-state index contributed by atoms with van der Waals surface area (Å²) in [7, 11) is 0. The average molecular weight is 1080 g/mol. The molecule has 0 aromatic heterocycles. The van der Waals surface area contributed by atoms with Crippen molar-refractivity contribution in [2.24, 2.45) is 0 Å². The second kappa shape index (κ2) is 22.7. The first-order valence-corrected chi connectivity index (χ1v) is 30.0. The predicted octanol–water partition coefficient (Wildman–Crippen LogP) is 20.2. The van der Waals surface area contributed by atoms with Gasteiger partial charge in [0.25, 0.3) is 0 Å². The van der Waals surface area contributed by atoms with Crippen LogP contribution in [0.25, 0.3) is 11.1 Å². The molecule has 0 spiro atoms. The zero-order valence-electron chi connectivity index (χ0n) is 52.9. The molecule has 0 aliphatic carbocycles. The van der Waals surface area contributed by atoms with E-state index < -0.39 is 0 Å². The maximum absolute atomic E-state index is 2.38. The summed E-state index contributed by atoms with van der Waals surface area (Å²) in [5.74, 6) is 1.29. The Balaban J connectivity index is 1.23. The van der Waals surface area contributed by atoms with E-state index in [2.05, 4.69) is 343 Å². The van der Waals surface area contributed by atoms with Gasteiger partial charge in [-0.25, -0.2) is 0 Å². The lowest BCUT2D eigenvalue weighted by Gasteiger charge is -2.24. The van der Waals surface area contributed by atoms with Crippen molar-refractivity contribution in [3.8, 4) is 0 Å². The van der Waals surface area contributed by atoms with Crippen molar-refractivity contribution in [3.63, 3.8) is 0 Å². The van der Waals surface area contributed by atoms with E-state index >= 15 is 0 Å². The quantitative estimate of drug-likeness (QED) is 0.0946. The molecule has 0 aliphatic heterocycles. The third-order valence-electron chi connectivity index (χ3n) is 16.8. The lowest BCUT2D eigenvalue weighted by molar-refractivity contribution is 0.589. The van der Waals surface area contributed by atoms with Gasteiger partial charge in [0.2, 0.25) is 0 Å². The molecule has 0 N–H and O–H groups in total. The Labute approximate surface area is 495 Å². The summed E-state index contributed by atoms with van der Waals surface area (Å²) in [5, 5.41) is 2.36. The molecule has 0 radical (unpaired) electrons. The summed E-state index contributed by atoms with van der Waals surface area (Å²) in [6.45, 7) is 41.2. The fraction of sp³-hybridized carbons (Fsp3) is 0.305. The van der Waals surface area contributed by atoms with Crippen LogP contribution in [0.15, 0.2) is 218 Å². The Bertz CT molecular complexity index is 3370. The Morgan fingerprint density at radius 3 is 0.622 bits per heavy atom. The number of hydrogen-bond donors (Lipinski definition) is 0. The first kappa shape index (κ1) is 59.2. The highest BCUT2D eigenvalue weighted by Crippen LogP contribution is 2.39. The molecule has 82 heavy (non-hydrogen) atoms. The van der Waals surface area contributed by atoms with Crippen LogP contribution in [0.5, 0.6) is 0 Å². The van der Waals surface area contributed by atoms with Crippen LogP contribution in [0.3, 0.4) is 0 Å². The lowest BCUT2D eigenvalue weighted by atomic mass is 9.80. The molecule has 0 heterocycles. The molecule has 0 amide bonds. The van der Waals surface area contributed by atoms with Gasteiger partial charge in [0.15, 0.2) is 0 Å². The summed E-state index contributed by atoms with van der Waals surface area (Å²) in [6, 6.07) is 84.0. The molecule has 0 heteroatoms. The minimum absolute atomic E-state index is 0.0582. The number of benzene rings is 9. The molecular formula is C82H91+. The fourth-order valence-electron chi connectivity index (χ4n) is 11.4. The first-order chi connectivity index (χ1) is 38.4. The van der Waals surface area contributed by atoms with Gasteiger partial charge in [-0.15, -0.1) is 0 Å². The maximum atomic E-state index is 2.38. The highest BCUT2D eigenvalue weighted by atomic mass is 14.3. The van der Waals surface area contributed by atoms with E-state index in [-0.39, 0.29) is 38.4 Å². The molecule has 0 atom stereocenters. The van der Waals surface area contributed by atoms with Gasteiger partial charge in [-0.05, 0) is 199 Å². The van der Waals surface area contributed by atoms with Gasteiger partial charge in [-0.3, -0.25) is 0 Å². The molecule has 0 saturated heterocycles. The Morgan fingerprint density at radius 1 is 0.220 bits per heavy atom. The van der Waals surface area contributed by atoms with Crippen molar-refractivity contribution in [2.45, 2.75) is 163 Å². The van der Waals surface area contributed by atoms with Gasteiger partial charge in [-0.1, -0.05) is 270 Å². The van der Waals surface area contributed by atoms with E-state index in [4.69, 9.17) is 0 Å². The lowest BCUT2D eigenvalue weighted by Crippen LogP contribution is -2.16. The van der Waals surface area contributed by atoms with E-state index in [0.717, 1.165) is 0 Å². The summed E-state index contributed by atoms with van der Waals surface area (Å²) in [4.78, 5) is 0.